The molecule has 3 fully saturated rings. The fourth-order valence-electron chi connectivity index (χ4n) is 9.20. The van der Waals surface area contributed by atoms with Crippen molar-refractivity contribution >= 4 is 29.8 Å². The Bertz CT molecular complexity index is 2090. The van der Waals surface area contributed by atoms with Crippen LogP contribution in [0, 0.1) is 17.3 Å². The second-order valence-electron chi connectivity index (χ2n) is 15.3. The monoisotopic (exact) mass is 761 g/mol. The molecule has 0 N–H and O–H groups in total. The fourth-order valence-corrected chi connectivity index (χ4v) is 9.20. The van der Waals surface area contributed by atoms with Crippen LogP contribution >= 0.6 is 0 Å². The Morgan fingerprint density at radius 1 is 0.607 bits per heavy atom. The smallest absolute Gasteiger partial charge is 0.340 e. The van der Waals surface area contributed by atoms with Crippen LogP contribution in [0.15, 0.2) is 116 Å². The summed E-state index contributed by atoms with van der Waals surface area (Å²) in [4.78, 5) is 73.5. The van der Waals surface area contributed by atoms with Gasteiger partial charge in [-0.3, -0.25) is 9.78 Å². The van der Waals surface area contributed by atoms with Crippen LogP contribution in [0.25, 0.3) is 0 Å². The largest absolute Gasteiger partial charge is 0.459 e. The highest BCUT2D eigenvalue weighted by molar-refractivity contribution is 5.91. The summed E-state index contributed by atoms with van der Waals surface area (Å²) in [5.74, 6) is -5.15. The first-order valence-electron chi connectivity index (χ1n) is 18.5. The summed E-state index contributed by atoms with van der Waals surface area (Å²) in [5, 5.41) is 0. The number of hydrogen-bond acceptors (Lipinski definition) is 12. The molecule has 2 aliphatic carbocycles. The molecule has 0 radical (unpaired) electrons. The van der Waals surface area contributed by atoms with Crippen molar-refractivity contribution < 1.29 is 52.4 Å². The molecule has 0 amide bonds. The Labute approximate surface area is 324 Å². The van der Waals surface area contributed by atoms with Crippen LogP contribution in [0.1, 0.15) is 82.5 Å². The van der Waals surface area contributed by atoms with Gasteiger partial charge in [0.25, 0.3) is 0 Å². The molecule has 4 aromatic rings. The van der Waals surface area contributed by atoms with E-state index in [4.69, 9.17) is 28.4 Å². The Balaban J connectivity index is 1.46. The molecule has 1 aliphatic heterocycles. The number of rotatable bonds is 9. The van der Waals surface area contributed by atoms with Gasteiger partial charge in [0, 0.05) is 19.3 Å². The number of carbonyl (C=O) groups excluding carboxylic acids is 5. The molecule has 1 aromatic heterocycles. The topological polar surface area (TPSA) is 154 Å². The van der Waals surface area contributed by atoms with E-state index in [1.165, 1.54) is 25.4 Å². The molecule has 3 aliphatic rings. The van der Waals surface area contributed by atoms with Gasteiger partial charge in [0.15, 0.2) is 12.2 Å². The average Bonchev–Trinajstić information content (AvgIpc) is 3.40. The van der Waals surface area contributed by atoms with Crippen LogP contribution in [-0.4, -0.2) is 76.6 Å². The summed E-state index contributed by atoms with van der Waals surface area (Å²) in [5.41, 5.74) is -3.74. The van der Waals surface area contributed by atoms with Crippen LogP contribution in [0.2, 0.25) is 0 Å². The molecule has 9 atom stereocenters. The summed E-state index contributed by atoms with van der Waals surface area (Å²) >= 11 is 0. The quantitative estimate of drug-likeness (QED) is 0.136. The van der Waals surface area contributed by atoms with Gasteiger partial charge in [-0.15, -0.1) is 0 Å². The molecule has 1 saturated heterocycles. The van der Waals surface area contributed by atoms with Gasteiger partial charge >= 0.3 is 29.8 Å². The van der Waals surface area contributed by atoms with E-state index in [0.717, 1.165) is 0 Å². The molecular formula is C44H43NO11. The highest BCUT2D eigenvalue weighted by atomic mass is 16.6. The van der Waals surface area contributed by atoms with Crippen LogP contribution < -0.4 is 0 Å². The van der Waals surface area contributed by atoms with Crippen molar-refractivity contribution in [1.82, 2.24) is 4.98 Å². The minimum absolute atomic E-state index is 0.0843. The van der Waals surface area contributed by atoms with Gasteiger partial charge in [-0.2, -0.15) is 0 Å². The number of pyridine rings is 1. The van der Waals surface area contributed by atoms with Crippen LogP contribution in [0.3, 0.4) is 0 Å². The van der Waals surface area contributed by atoms with Gasteiger partial charge in [-0.05, 0) is 81.6 Å². The summed E-state index contributed by atoms with van der Waals surface area (Å²) in [6.07, 6.45) is -3.59. The Morgan fingerprint density at radius 2 is 1.09 bits per heavy atom. The van der Waals surface area contributed by atoms with E-state index in [1.54, 1.807) is 118 Å². The lowest BCUT2D eigenvalue weighted by molar-refractivity contribution is -0.310. The van der Waals surface area contributed by atoms with E-state index in [1.807, 2.05) is 6.92 Å². The number of esters is 5. The minimum Gasteiger partial charge on any atom is -0.459 e. The van der Waals surface area contributed by atoms with Crippen LogP contribution in [-0.2, 0) is 33.2 Å². The minimum atomic E-state index is -1.74. The van der Waals surface area contributed by atoms with Gasteiger partial charge in [0.1, 0.15) is 23.9 Å². The molecule has 1 spiro atoms. The highest BCUT2D eigenvalue weighted by Crippen LogP contribution is 2.68. The maximum Gasteiger partial charge on any atom is 0.340 e. The number of hydrogen-bond donors (Lipinski definition) is 0. The number of benzene rings is 3. The molecule has 2 bridgehead atoms. The zero-order chi connectivity index (χ0) is 39.8. The Morgan fingerprint density at radius 3 is 1.59 bits per heavy atom. The van der Waals surface area contributed by atoms with Gasteiger partial charge in [-0.25, -0.2) is 19.2 Å². The van der Waals surface area contributed by atoms with E-state index < -0.39 is 88.8 Å². The molecule has 56 heavy (non-hydrogen) atoms. The lowest BCUT2D eigenvalue weighted by atomic mass is 9.47. The second kappa shape index (κ2) is 15.0. The van der Waals surface area contributed by atoms with E-state index >= 15 is 0 Å². The van der Waals surface area contributed by atoms with Crippen molar-refractivity contribution in [3.8, 4) is 0 Å². The van der Waals surface area contributed by atoms with Gasteiger partial charge in [0.2, 0.25) is 0 Å². The second-order valence-corrected chi connectivity index (χ2v) is 15.3. The number of ether oxygens (including phenoxy) is 6. The zero-order valence-electron chi connectivity index (χ0n) is 31.7. The molecular weight excluding hydrogens is 718 g/mol. The summed E-state index contributed by atoms with van der Waals surface area (Å²) < 4.78 is 39.1. The van der Waals surface area contributed by atoms with Crippen molar-refractivity contribution in [3.63, 3.8) is 0 Å². The number of fused-ring (bicyclic) bond motifs is 1. The van der Waals surface area contributed by atoms with Crippen molar-refractivity contribution in [2.24, 2.45) is 17.3 Å². The lowest BCUT2D eigenvalue weighted by Crippen LogP contribution is -2.79. The molecule has 12 nitrogen and oxygen atoms in total. The van der Waals surface area contributed by atoms with E-state index in [9.17, 15) is 24.0 Å². The molecule has 12 heteroatoms. The lowest BCUT2D eigenvalue weighted by Gasteiger charge is -2.63. The Hall–Kier alpha value is -5.88. The number of carbonyl (C=O) groups is 5. The molecule has 2 heterocycles. The SMILES string of the molecule is CC(=O)OC1C2C(OC(=O)c3cccnc3)C(OC(=O)c3ccccc3)C3(C)C(OC(=O)c4ccccc4)C(OC(=O)c4ccccc4)CC(C)C13OC2(C)C. The summed E-state index contributed by atoms with van der Waals surface area (Å²) in [6, 6.07) is 28.0. The highest BCUT2D eigenvalue weighted by Gasteiger charge is 2.84. The first kappa shape index (κ1) is 38.4. The third kappa shape index (κ3) is 6.61. The predicted octanol–water partition coefficient (Wildman–Crippen LogP) is 6.44. The average molecular weight is 762 g/mol. The predicted molar refractivity (Wildman–Crippen MR) is 199 cm³/mol. The zero-order valence-corrected chi connectivity index (χ0v) is 31.7. The van der Waals surface area contributed by atoms with Gasteiger partial charge in [-0.1, -0.05) is 61.5 Å². The molecule has 9 unspecified atom stereocenters. The third-order valence-corrected chi connectivity index (χ3v) is 11.5. The third-order valence-electron chi connectivity index (χ3n) is 11.5. The Kier molecular flexibility index (Phi) is 10.3. The normalized spacial score (nSPS) is 29.8. The number of aromatic nitrogens is 1. The summed E-state index contributed by atoms with van der Waals surface area (Å²) in [6.45, 7) is 8.40. The first-order chi connectivity index (χ1) is 26.8. The standard InChI is InChI=1S/C44H43NO11/c1-26-24-32(52-38(47)28-16-9-6-10-17-28)35(54-39(48)29-18-11-7-12-19-29)43(5)37(55-40(49)30-20-13-8-14-21-30)34(53-41(50)31-22-15-23-45-25-31)33-36(51-27(2)46)44(26,43)56-42(33,3)4/h6-23,25-26,32-37H,24H2,1-5H3. The molecule has 290 valence electrons. The van der Waals surface area contributed by atoms with E-state index in [0.29, 0.717) is 0 Å². The molecule has 3 aromatic carbocycles. The van der Waals surface area contributed by atoms with Crippen LogP contribution in [0.5, 0.6) is 0 Å². The van der Waals surface area contributed by atoms with Crippen molar-refractivity contribution in [3.05, 3.63) is 138 Å². The first-order valence-corrected chi connectivity index (χ1v) is 18.5. The maximum atomic E-state index is 14.3. The van der Waals surface area contributed by atoms with Crippen LogP contribution in [0.4, 0.5) is 0 Å². The summed E-state index contributed by atoms with van der Waals surface area (Å²) in [7, 11) is 0. The van der Waals surface area contributed by atoms with Crippen molar-refractivity contribution in [1.29, 1.82) is 0 Å². The van der Waals surface area contributed by atoms with Gasteiger partial charge in [0.05, 0.1) is 39.2 Å². The van der Waals surface area contributed by atoms with E-state index in [2.05, 4.69) is 4.98 Å². The van der Waals surface area contributed by atoms with Crippen molar-refractivity contribution in [2.75, 3.05) is 0 Å². The molecule has 7 rings (SSSR count). The number of nitrogens with zero attached hydrogens (tertiary/aromatic N) is 1. The fraction of sp³-hybridized carbons (Fsp3) is 0.364. The van der Waals surface area contributed by atoms with E-state index in [-0.39, 0.29) is 28.7 Å². The molecule has 2 saturated carbocycles. The van der Waals surface area contributed by atoms with Crippen molar-refractivity contribution in [2.45, 2.75) is 82.8 Å². The maximum absolute atomic E-state index is 14.3. The van der Waals surface area contributed by atoms with Gasteiger partial charge < -0.3 is 28.4 Å².